The number of nitrogens with zero attached hydrogens (tertiary/aromatic N) is 5. The lowest BCUT2D eigenvalue weighted by molar-refractivity contribution is -0.159. The fourth-order valence-electron chi connectivity index (χ4n) is 4.12. The molecule has 1 N–H and O–H groups in total. The van der Waals surface area contributed by atoms with Crippen molar-refractivity contribution in [3.8, 4) is 11.4 Å². The summed E-state index contributed by atoms with van der Waals surface area (Å²) < 4.78 is 42.2. The maximum Gasteiger partial charge on any atom is 0.471 e. The van der Waals surface area contributed by atoms with Crippen molar-refractivity contribution in [2.45, 2.75) is 13.1 Å². The molecule has 0 bridgehead atoms. The minimum Gasteiger partial charge on any atom is -0.358 e. The molecule has 1 aliphatic rings. The molecule has 5 rings (SSSR count). The number of aryl methyl sites for hydroxylation is 1. The number of hydrogen-bond donors (Lipinski definition) is 1. The average Bonchev–Trinajstić information content (AvgIpc) is 3.48. The van der Waals surface area contributed by atoms with Gasteiger partial charge >= 0.3 is 12.1 Å². The first-order valence-corrected chi connectivity index (χ1v) is 10.8. The first kappa shape index (κ1) is 22.6. The molecule has 4 heterocycles. The summed E-state index contributed by atoms with van der Waals surface area (Å²) in [6.07, 6.45) is -3.36. The predicted octanol–water partition coefficient (Wildman–Crippen LogP) is 3.47. The van der Waals surface area contributed by atoms with Crippen LogP contribution < -0.4 is 4.90 Å². The Labute approximate surface area is 196 Å². The number of anilines is 1. The third-order valence-corrected chi connectivity index (χ3v) is 5.88. The van der Waals surface area contributed by atoms with Crippen molar-refractivity contribution >= 4 is 28.4 Å². The molecule has 3 aromatic heterocycles. The van der Waals surface area contributed by atoms with E-state index in [2.05, 4.69) is 24.6 Å². The van der Waals surface area contributed by atoms with Crippen LogP contribution in [0.25, 0.3) is 22.3 Å². The van der Waals surface area contributed by atoms with E-state index >= 15 is 0 Å². The Balaban J connectivity index is 1.24. The smallest absolute Gasteiger partial charge is 0.358 e. The summed E-state index contributed by atoms with van der Waals surface area (Å²) in [5.74, 6) is -2.15. The van der Waals surface area contributed by atoms with Crippen LogP contribution in [-0.2, 0) is 11.0 Å². The molecule has 1 fully saturated rings. The Morgan fingerprint density at radius 2 is 1.80 bits per heavy atom. The van der Waals surface area contributed by atoms with Gasteiger partial charge in [-0.05, 0) is 25.1 Å². The zero-order valence-electron chi connectivity index (χ0n) is 18.5. The number of benzene rings is 1. The van der Waals surface area contributed by atoms with Crippen LogP contribution in [0.1, 0.15) is 21.9 Å². The summed E-state index contributed by atoms with van der Waals surface area (Å²) in [4.78, 5) is 40.2. The first-order valence-electron chi connectivity index (χ1n) is 10.8. The van der Waals surface area contributed by atoms with Gasteiger partial charge < -0.3 is 19.3 Å². The van der Waals surface area contributed by atoms with Gasteiger partial charge in [0.2, 0.25) is 5.82 Å². The Morgan fingerprint density at radius 3 is 2.46 bits per heavy atom. The number of fused-ring (bicyclic) bond motifs is 1. The Morgan fingerprint density at radius 1 is 1.06 bits per heavy atom. The molecular weight excluding hydrogens is 465 g/mol. The van der Waals surface area contributed by atoms with E-state index in [1.165, 1.54) is 11.1 Å². The second kappa shape index (κ2) is 8.53. The largest absolute Gasteiger partial charge is 0.471 e. The van der Waals surface area contributed by atoms with Gasteiger partial charge in [0.05, 0.1) is 5.56 Å². The molecule has 1 aliphatic heterocycles. The standard InChI is InChI=1S/C23H19F3N6O3/c1-13-18(15-4-2-3-5-16(15)28-13)19(33)21(34)32-10-8-31(9-11-32)17-7-6-14(12-27-17)20-29-22(35-30-20)23(24,25)26/h2-7,12,28H,8-11H2,1H3. The van der Waals surface area contributed by atoms with Crippen molar-refractivity contribution in [2.75, 3.05) is 31.1 Å². The summed E-state index contributed by atoms with van der Waals surface area (Å²) in [5, 5.41) is 4.07. The van der Waals surface area contributed by atoms with Gasteiger partial charge in [0.1, 0.15) is 5.82 Å². The maximum absolute atomic E-state index is 13.0. The number of nitrogens with one attached hydrogen (secondary N) is 1. The highest BCUT2D eigenvalue weighted by molar-refractivity contribution is 6.45. The van der Waals surface area contributed by atoms with Crippen LogP contribution in [0, 0.1) is 6.92 Å². The number of aromatic nitrogens is 4. The number of piperazine rings is 1. The minimum absolute atomic E-state index is 0.210. The molecule has 1 aromatic carbocycles. The highest BCUT2D eigenvalue weighted by atomic mass is 19.4. The lowest BCUT2D eigenvalue weighted by Crippen LogP contribution is -2.50. The SMILES string of the molecule is Cc1[nH]c2ccccc2c1C(=O)C(=O)N1CCN(c2ccc(-c3noc(C(F)(F)F)n3)cn2)CC1. The van der Waals surface area contributed by atoms with Crippen LogP contribution in [0.15, 0.2) is 47.1 Å². The van der Waals surface area contributed by atoms with Crippen LogP contribution in [0.2, 0.25) is 0 Å². The molecular formula is C23H19F3N6O3. The molecule has 35 heavy (non-hydrogen) atoms. The number of rotatable bonds is 4. The lowest BCUT2D eigenvalue weighted by atomic mass is 10.1. The topological polar surface area (TPSA) is 108 Å². The van der Waals surface area contributed by atoms with Gasteiger partial charge in [-0.2, -0.15) is 18.2 Å². The number of aromatic amines is 1. The third-order valence-electron chi connectivity index (χ3n) is 5.88. The molecule has 180 valence electrons. The van der Waals surface area contributed by atoms with Gasteiger partial charge in [0, 0.05) is 54.5 Å². The van der Waals surface area contributed by atoms with Crippen LogP contribution >= 0.6 is 0 Å². The van der Waals surface area contributed by atoms with Crippen molar-refractivity contribution in [1.82, 2.24) is 25.0 Å². The first-order chi connectivity index (χ1) is 16.7. The van der Waals surface area contributed by atoms with Crippen molar-refractivity contribution in [1.29, 1.82) is 0 Å². The van der Waals surface area contributed by atoms with E-state index in [4.69, 9.17) is 0 Å². The number of H-pyrrole nitrogens is 1. The van der Waals surface area contributed by atoms with E-state index < -0.39 is 23.8 Å². The van der Waals surface area contributed by atoms with Crippen molar-refractivity contribution in [2.24, 2.45) is 0 Å². The zero-order valence-corrected chi connectivity index (χ0v) is 18.5. The molecule has 1 saturated heterocycles. The van der Waals surface area contributed by atoms with Crippen LogP contribution in [0.4, 0.5) is 19.0 Å². The lowest BCUT2D eigenvalue weighted by Gasteiger charge is -2.35. The highest BCUT2D eigenvalue weighted by Gasteiger charge is 2.38. The van der Waals surface area contributed by atoms with E-state index in [1.54, 1.807) is 19.1 Å². The molecule has 4 aromatic rings. The third kappa shape index (κ3) is 4.22. The summed E-state index contributed by atoms with van der Waals surface area (Å²) in [6, 6.07) is 10.5. The fraction of sp³-hybridized carbons (Fsp3) is 0.261. The molecule has 0 radical (unpaired) electrons. The number of amides is 1. The van der Waals surface area contributed by atoms with Crippen LogP contribution in [-0.4, -0.2) is 62.9 Å². The van der Waals surface area contributed by atoms with Gasteiger partial charge in [-0.1, -0.05) is 23.4 Å². The van der Waals surface area contributed by atoms with Gasteiger partial charge in [0.25, 0.3) is 11.7 Å². The molecule has 9 nitrogen and oxygen atoms in total. The second-order valence-electron chi connectivity index (χ2n) is 8.10. The van der Waals surface area contributed by atoms with E-state index in [0.29, 0.717) is 43.3 Å². The van der Waals surface area contributed by atoms with Crippen molar-refractivity contribution < 1.29 is 27.3 Å². The molecule has 12 heteroatoms. The van der Waals surface area contributed by atoms with Gasteiger partial charge in [-0.25, -0.2) is 4.98 Å². The zero-order chi connectivity index (χ0) is 24.7. The van der Waals surface area contributed by atoms with Gasteiger partial charge in [0.15, 0.2) is 0 Å². The summed E-state index contributed by atoms with van der Waals surface area (Å²) in [5.41, 5.74) is 2.12. The number of carbonyl (C=O) groups is 2. The number of halogens is 3. The summed E-state index contributed by atoms with van der Waals surface area (Å²) in [7, 11) is 0. The molecule has 0 aliphatic carbocycles. The fourth-order valence-corrected chi connectivity index (χ4v) is 4.12. The Hall–Kier alpha value is -4.22. The van der Waals surface area contributed by atoms with E-state index in [9.17, 15) is 22.8 Å². The molecule has 0 unspecified atom stereocenters. The average molecular weight is 484 g/mol. The number of Topliss-reactive ketones (excluding diaryl/α,β-unsaturated/α-hetero) is 1. The van der Waals surface area contributed by atoms with Gasteiger partial charge in [-0.3, -0.25) is 9.59 Å². The number of alkyl halides is 3. The molecule has 0 spiro atoms. The Kier molecular flexibility index (Phi) is 5.50. The quantitative estimate of drug-likeness (QED) is 0.349. The number of para-hydroxylation sites is 1. The maximum atomic E-state index is 13.0. The molecule has 0 atom stereocenters. The van der Waals surface area contributed by atoms with Gasteiger partial charge in [-0.15, -0.1) is 0 Å². The summed E-state index contributed by atoms with van der Waals surface area (Å²) in [6.45, 7) is 3.31. The van der Waals surface area contributed by atoms with Crippen LogP contribution in [0.5, 0.6) is 0 Å². The number of ketones is 1. The number of pyridine rings is 1. The number of carbonyl (C=O) groups excluding carboxylic acids is 2. The normalized spacial score (nSPS) is 14.5. The Bertz CT molecular complexity index is 1400. The summed E-state index contributed by atoms with van der Waals surface area (Å²) >= 11 is 0. The van der Waals surface area contributed by atoms with Crippen molar-refractivity contribution in [3.63, 3.8) is 0 Å². The van der Waals surface area contributed by atoms with Crippen LogP contribution in [0.3, 0.4) is 0 Å². The molecule has 0 saturated carbocycles. The monoisotopic (exact) mass is 484 g/mol. The second-order valence-corrected chi connectivity index (χ2v) is 8.10. The van der Waals surface area contributed by atoms with E-state index in [1.807, 2.05) is 29.2 Å². The molecule has 1 amide bonds. The number of hydrogen-bond acceptors (Lipinski definition) is 7. The highest BCUT2D eigenvalue weighted by Crippen LogP contribution is 2.29. The minimum atomic E-state index is -4.72. The van der Waals surface area contributed by atoms with Crippen molar-refractivity contribution in [3.05, 3.63) is 59.7 Å². The predicted molar refractivity (Wildman–Crippen MR) is 119 cm³/mol. The van der Waals surface area contributed by atoms with E-state index in [0.717, 1.165) is 10.9 Å². The van der Waals surface area contributed by atoms with E-state index in [-0.39, 0.29) is 11.4 Å².